The second-order valence-corrected chi connectivity index (χ2v) is 7.51. The summed E-state index contributed by atoms with van der Waals surface area (Å²) in [6.45, 7) is 10.3. The summed E-state index contributed by atoms with van der Waals surface area (Å²) in [4.78, 5) is 17.5. The number of rotatable bonds is 8. The van der Waals surface area contributed by atoms with E-state index in [0.717, 1.165) is 49.7 Å². The Morgan fingerprint density at radius 1 is 1.22 bits per heavy atom. The molecule has 1 amide bonds. The topological polar surface area (TPSA) is 54.0 Å². The van der Waals surface area contributed by atoms with Crippen LogP contribution in [0.3, 0.4) is 0 Å². The minimum Gasteiger partial charge on any atom is -0.497 e. The number of piperazine rings is 1. The van der Waals surface area contributed by atoms with E-state index in [1.54, 1.807) is 7.11 Å². The summed E-state index contributed by atoms with van der Waals surface area (Å²) in [7, 11) is 1.65. The number of fused-ring (bicyclic) bond motifs is 1. The molecule has 0 bridgehead atoms. The van der Waals surface area contributed by atoms with Crippen molar-refractivity contribution in [3.8, 4) is 11.5 Å². The Balaban J connectivity index is 1.35. The molecule has 1 saturated heterocycles. The average Bonchev–Trinajstić information content (AvgIpc) is 2.71. The Bertz CT molecular complexity index is 615. The van der Waals surface area contributed by atoms with Gasteiger partial charge in [0.2, 0.25) is 5.91 Å². The highest BCUT2D eigenvalue weighted by atomic mass is 16.5. The van der Waals surface area contributed by atoms with Crippen LogP contribution in [0, 0.1) is 5.92 Å². The maximum absolute atomic E-state index is 12.5. The molecule has 1 N–H and O–H groups in total. The number of carbonyl (C=O) groups excluding carboxylic acids is 1. The first-order valence-electron chi connectivity index (χ1n) is 10.2. The summed E-state index contributed by atoms with van der Waals surface area (Å²) in [5, 5.41) is 3.09. The minimum absolute atomic E-state index is 0.0937. The van der Waals surface area contributed by atoms with Crippen LogP contribution in [0.5, 0.6) is 11.5 Å². The van der Waals surface area contributed by atoms with Gasteiger partial charge in [-0.2, -0.15) is 0 Å². The van der Waals surface area contributed by atoms with Gasteiger partial charge in [-0.3, -0.25) is 4.79 Å². The Hall–Kier alpha value is -1.79. The number of ether oxygens (including phenoxy) is 2. The third-order valence-electron chi connectivity index (χ3n) is 5.50. The predicted molar refractivity (Wildman–Crippen MR) is 106 cm³/mol. The summed E-state index contributed by atoms with van der Waals surface area (Å²) in [5.41, 5.74) is 1.05. The highest BCUT2D eigenvalue weighted by molar-refractivity contribution is 5.79. The van der Waals surface area contributed by atoms with Crippen molar-refractivity contribution in [2.75, 3.05) is 59.5 Å². The molecular formula is C21H33N3O3. The molecule has 0 aromatic heterocycles. The molecule has 2 heterocycles. The Morgan fingerprint density at radius 3 is 2.67 bits per heavy atom. The first-order chi connectivity index (χ1) is 13.2. The number of carbonyl (C=O) groups is 1. The van der Waals surface area contributed by atoms with Crippen LogP contribution in [-0.2, 0) is 11.2 Å². The highest BCUT2D eigenvalue weighted by Gasteiger charge is 2.26. The number of hydrogen-bond acceptors (Lipinski definition) is 5. The largest absolute Gasteiger partial charge is 0.497 e. The van der Waals surface area contributed by atoms with E-state index in [1.165, 1.54) is 26.1 Å². The van der Waals surface area contributed by atoms with E-state index in [1.807, 2.05) is 18.2 Å². The second-order valence-electron chi connectivity index (χ2n) is 7.51. The van der Waals surface area contributed by atoms with Crippen LogP contribution in [-0.4, -0.2) is 75.2 Å². The minimum atomic E-state index is -0.123. The molecule has 1 fully saturated rings. The van der Waals surface area contributed by atoms with E-state index in [4.69, 9.17) is 9.47 Å². The molecule has 0 unspecified atom stereocenters. The van der Waals surface area contributed by atoms with Gasteiger partial charge in [0, 0.05) is 32.7 Å². The summed E-state index contributed by atoms with van der Waals surface area (Å²) in [5.74, 6) is 1.64. The number of methoxy groups -OCH3 is 1. The van der Waals surface area contributed by atoms with Gasteiger partial charge >= 0.3 is 0 Å². The molecule has 3 rings (SSSR count). The van der Waals surface area contributed by atoms with Gasteiger partial charge in [0.1, 0.15) is 18.1 Å². The van der Waals surface area contributed by atoms with Gasteiger partial charge in [0.25, 0.3) is 0 Å². The van der Waals surface area contributed by atoms with Gasteiger partial charge in [0.05, 0.1) is 13.0 Å². The molecule has 6 heteroatoms. The second kappa shape index (κ2) is 9.95. The van der Waals surface area contributed by atoms with Crippen LogP contribution in [0.1, 0.15) is 25.3 Å². The average molecular weight is 376 g/mol. The van der Waals surface area contributed by atoms with Gasteiger partial charge in [0.15, 0.2) is 0 Å². The zero-order chi connectivity index (χ0) is 19.1. The maximum Gasteiger partial charge on any atom is 0.226 e. The summed E-state index contributed by atoms with van der Waals surface area (Å²) in [6, 6.07) is 5.77. The molecule has 1 atom stereocenters. The van der Waals surface area contributed by atoms with Crippen LogP contribution in [0.15, 0.2) is 18.2 Å². The van der Waals surface area contributed by atoms with Crippen LogP contribution in [0.25, 0.3) is 0 Å². The maximum atomic E-state index is 12.5. The van der Waals surface area contributed by atoms with Crippen molar-refractivity contribution in [1.29, 1.82) is 0 Å². The molecule has 0 spiro atoms. The van der Waals surface area contributed by atoms with E-state index in [2.05, 4.69) is 22.0 Å². The number of hydrogen-bond donors (Lipinski definition) is 1. The number of amides is 1. The van der Waals surface area contributed by atoms with Crippen molar-refractivity contribution in [2.24, 2.45) is 5.92 Å². The fourth-order valence-corrected chi connectivity index (χ4v) is 3.88. The van der Waals surface area contributed by atoms with Gasteiger partial charge < -0.3 is 24.6 Å². The van der Waals surface area contributed by atoms with Crippen LogP contribution < -0.4 is 14.8 Å². The highest BCUT2D eigenvalue weighted by Crippen LogP contribution is 2.30. The first kappa shape index (κ1) is 20.0. The molecule has 150 valence electrons. The normalized spacial score (nSPS) is 20.6. The lowest BCUT2D eigenvalue weighted by atomic mass is 9.96. The van der Waals surface area contributed by atoms with Crippen LogP contribution in [0.4, 0.5) is 0 Å². The standard InChI is InChI=1S/C21H33N3O3/c1-3-8-23-10-12-24(13-11-23)9-4-7-22-21(25)18-14-17-15-19(26-2)5-6-20(17)27-16-18/h5-6,15,18H,3-4,7-14,16H2,1-2H3,(H,22,25)/t18-/m0/s1. The predicted octanol–water partition coefficient (Wildman–Crippen LogP) is 1.78. The van der Waals surface area contributed by atoms with Gasteiger partial charge in [-0.05, 0) is 56.1 Å². The zero-order valence-electron chi connectivity index (χ0n) is 16.7. The first-order valence-corrected chi connectivity index (χ1v) is 10.2. The molecule has 2 aliphatic heterocycles. The van der Waals surface area contributed by atoms with Crippen molar-refractivity contribution in [1.82, 2.24) is 15.1 Å². The Kier molecular flexibility index (Phi) is 7.35. The lowest BCUT2D eigenvalue weighted by molar-refractivity contribution is -0.126. The smallest absolute Gasteiger partial charge is 0.226 e. The third kappa shape index (κ3) is 5.59. The number of benzene rings is 1. The Labute approximate surface area is 162 Å². The zero-order valence-corrected chi connectivity index (χ0v) is 16.7. The fraction of sp³-hybridized carbons (Fsp3) is 0.667. The summed E-state index contributed by atoms with van der Waals surface area (Å²) in [6.07, 6.45) is 2.93. The molecule has 1 aromatic carbocycles. The van der Waals surface area contributed by atoms with E-state index in [9.17, 15) is 4.79 Å². The molecule has 0 saturated carbocycles. The van der Waals surface area contributed by atoms with Crippen molar-refractivity contribution < 1.29 is 14.3 Å². The van der Waals surface area contributed by atoms with E-state index in [-0.39, 0.29) is 11.8 Å². The lowest BCUT2D eigenvalue weighted by Crippen LogP contribution is -2.47. The molecule has 6 nitrogen and oxygen atoms in total. The number of nitrogens with one attached hydrogen (secondary N) is 1. The van der Waals surface area contributed by atoms with Gasteiger partial charge in [-0.1, -0.05) is 6.92 Å². The van der Waals surface area contributed by atoms with Crippen molar-refractivity contribution in [3.05, 3.63) is 23.8 Å². The molecule has 1 aromatic rings. The third-order valence-corrected chi connectivity index (χ3v) is 5.50. The molecular weight excluding hydrogens is 342 g/mol. The van der Waals surface area contributed by atoms with E-state index >= 15 is 0 Å². The van der Waals surface area contributed by atoms with Crippen molar-refractivity contribution >= 4 is 5.91 Å². The molecule has 27 heavy (non-hydrogen) atoms. The van der Waals surface area contributed by atoms with Gasteiger partial charge in [-0.15, -0.1) is 0 Å². The number of nitrogens with zero attached hydrogens (tertiary/aromatic N) is 2. The summed E-state index contributed by atoms with van der Waals surface area (Å²) < 4.78 is 11.0. The fourth-order valence-electron chi connectivity index (χ4n) is 3.88. The molecule has 0 aliphatic carbocycles. The molecule has 0 radical (unpaired) electrons. The quantitative estimate of drug-likeness (QED) is 0.702. The van der Waals surface area contributed by atoms with Crippen molar-refractivity contribution in [2.45, 2.75) is 26.2 Å². The van der Waals surface area contributed by atoms with Crippen LogP contribution >= 0.6 is 0 Å². The van der Waals surface area contributed by atoms with E-state index < -0.39 is 0 Å². The van der Waals surface area contributed by atoms with Crippen LogP contribution in [0.2, 0.25) is 0 Å². The summed E-state index contributed by atoms with van der Waals surface area (Å²) >= 11 is 0. The van der Waals surface area contributed by atoms with Crippen molar-refractivity contribution in [3.63, 3.8) is 0 Å². The monoisotopic (exact) mass is 375 g/mol. The lowest BCUT2D eigenvalue weighted by Gasteiger charge is -2.34. The van der Waals surface area contributed by atoms with Gasteiger partial charge in [-0.25, -0.2) is 0 Å². The van der Waals surface area contributed by atoms with E-state index in [0.29, 0.717) is 13.0 Å². The Morgan fingerprint density at radius 2 is 1.96 bits per heavy atom. The SMILES string of the molecule is CCCN1CCN(CCCNC(=O)[C@@H]2COc3ccc(OC)cc3C2)CC1. The molecule has 2 aliphatic rings.